The number of aromatic amines is 1. The molecule has 0 aromatic carbocycles. The van der Waals surface area contributed by atoms with E-state index in [1.54, 1.807) is 13.2 Å². The average Bonchev–Trinajstić information content (AvgIpc) is 2.38. The predicted molar refractivity (Wildman–Crippen MR) is 70.7 cm³/mol. The lowest BCUT2D eigenvalue weighted by molar-refractivity contribution is -0.0518. The first-order valence-corrected chi connectivity index (χ1v) is 6.74. The number of rotatable bonds is 3. The van der Waals surface area contributed by atoms with Crippen molar-refractivity contribution in [3.8, 4) is 0 Å². The molecule has 1 heterocycles. The molecule has 0 bridgehead atoms. The molecule has 1 N–H and O–H groups in total. The molecule has 0 spiro atoms. The summed E-state index contributed by atoms with van der Waals surface area (Å²) in [5.41, 5.74) is 0.379. The minimum Gasteiger partial charge on any atom is -0.370 e. The molecular formula is C14H22N2O2. The Balaban J connectivity index is 2.44. The second-order valence-corrected chi connectivity index (χ2v) is 5.43. The van der Waals surface area contributed by atoms with Crippen LogP contribution in [0.4, 0.5) is 0 Å². The number of ether oxygens (including phenoxy) is 1. The average molecular weight is 250 g/mol. The van der Waals surface area contributed by atoms with E-state index in [0.29, 0.717) is 5.82 Å². The highest BCUT2D eigenvalue weighted by molar-refractivity contribution is 5.12. The van der Waals surface area contributed by atoms with E-state index in [1.165, 1.54) is 6.42 Å². The molecule has 1 aliphatic carbocycles. The van der Waals surface area contributed by atoms with Crippen LogP contribution in [0.2, 0.25) is 0 Å². The summed E-state index contributed by atoms with van der Waals surface area (Å²) in [4.78, 5) is 19.3. The van der Waals surface area contributed by atoms with Crippen molar-refractivity contribution in [3.05, 3.63) is 27.9 Å². The highest BCUT2D eigenvalue weighted by Crippen LogP contribution is 2.38. The van der Waals surface area contributed by atoms with Crippen LogP contribution in [0.25, 0.3) is 0 Å². The molecule has 0 radical (unpaired) electrons. The van der Waals surface area contributed by atoms with Gasteiger partial charge < -0.3 is 9.72 Å². The van der Waals surface area contributed by atoms with Crippen LogP contribution in [-0.4, -0.2) is 17.1 Å². The first-order valence-electron chi connectivity index (χ1n) is 6.74. The predicted octanol–water partition coefficient (Wildman–Crippen LogP) is 2.70. The van der Waals surface area contributed by atoms with E-state index in [2.05, 4.69) is 9.97 Å². The van der Waals surface area contributed by atoms with Crippen molar-refractivity contribution >= 4 is 0 Å². The summed E-state index contributed by atoms with van der Waals surface area (Å²) in [6.45, 7) is 4.10. The molecule has 1 saturated carbocycles. The van der Waals surface area contributed by atoms with Gasteiger partial charge in [-0.15, -0.1) is 0 Å². The monoisotopic (exact) mass is 250 g/mol. The van der Waals surface area contributed by atoms with Crippen LogP contribution in [0.5, 0.6) is 0 Å². The van der Waals surface area contributed by atoms with Crippen molar-refractivity contribution in [2.24, 2.45) is 0 Å². The molecule has 0 unspecified atom stereocenters. The summed E-state index contributed by atoms with van der Waals surface area (Å²) in [6, 6.07) is 1.58. The lowest BCUT2D eigenvalue weighted by Crippen LogP contribution is -2.35. The van der Waals surface area contributed by atoms with Crippen LogP contribution in [0, 0.1) is 0 Å². The zero-order valence-electron chi connectivity index (χ0n) is 11.5. The summed E-state index contributed by atoms with van der Waals surface area (Å²) >= 11 is 0. The van der Waals surface area contributed by atoms with Crippen molar-refractivity contribution in [3.63, 3.8) is 0 Å². The lowest BCUT2D eigenvalue weighted by Gasteiger charge is -2.35. The molecule has 0 atom stereocenters. The Bertz CT molecular complexity index is 459. The molecule has 1 fully saturated rings. The van der Waals surface area contributed by atoms with Gasteiger partial charge >= 0.3 is 0 Å². The van der Waals surface area contributed by atoms with Gasteiger partial charge in [-0.2, -0.15) is 0 Å². The number of hydrogen-bond acceptors (Lipinski definition) is 3. The number of nitrogens with one attached hydrogen (secondary N) is 1. The van der Waals surface area contributed by atoms with Gasteiger partial charge in [0, 0.05) is 13.2 Å². The normalized spacial score (nSPS) is 19.1. The minimum atomic E-state index is -0.387. The number of aromatic nitrogens is 2. The Hall–Kier alpha value is -1.16. The SMILES string of the molecule is COC1(c2nc(C(C)C)cc(=O)[nH]2)CCCCC1. The zero-order chi connectivity index (χ0) is 13.2. The van der Waals surface area contributed by atoms with Gasteiger partial charge in [0.2, 0.25) is 0 Å². The van der Waals surface area contributed by atoms with E-state index in [-0.39, 0.29) is 17.1 Å². The molecule has 4 nitrogen and oxygen atoms in total. The third kappa shape index (κ3) is 2.48. The summed E-state index contributed by atoms with van der Waals surface area (Å²) in [7, 11) is 1.72. The van der Waals surface area contributed by atoms with Gasteiger partial charge in [0.25, 0.3) is 5.56 Å². The molecule has 2 rings (SSSR count). The fourth-order valence-corrected chi connectivity index (χ4v) is 2.65. The Morgan fingerprint density at radius 2 is 2.00 bits per heavy atom. The second-order valence-electron chi connectivity index (χ2n) is 5.43. The van der Waals surface area contributed by atoms with Crippen LogP contribution in [0.3, 0.4) is 0 Å². The fraction of sp³-hybridized carbons (Fsp3) is 0.714. The third-order valence-corrected chi connectivity index (χ3v) is 3.84. The largest absolute Gasteiger partial charge is 0.370 e. The third-order valence-electron chi connectivity index (χ3n) is 3.84. The Kier molecular flexibility index (Phi) is 3.85. The number of hydrogen-bond donors (Lipinski definition) is 1. The molecule has 0 amide bonds. The highest BCUT2D eigenvalue weighted by atomic mass is 16.5. The van der Waals surface area contributed by atoms with Gasteiger partial charge in [-0.05, 0) is 18.8 Å². The molecular weight excluding hydrogens is 228 g/mol. The maximum Gasteiger partial charge on any atom is 0.251 e. The molecule has 0 saturated heterocycles. The van der Waals surface area contributed by atoms with Crippen molar-refractivity contribution < 1.29 is 4.74 Å². The quantitative estimate of drug-likeness (QED) is 0.897. The molecule has 100 valence electrons. The minimum absolute atomic E-state index is 0.0781. The van der Waals surface area contributed by atoms with Crippen molar-refractivity contribution in [1.82, 2.24) is 9.97 Å². The summed E-state index contributed by atoms with van der Waals surface area (Å²) in [5.74, 6) is 0.962. The molecule has 4 heteroatoms. The second kappa shape index (κ2) is 5.22. The van der Waals surface area contributed by atoms with Gasteiger partial charge in [0.15, 0.2) is 0 Å². The van der Waals surface area contributed by atoms with E-state index in [9.17, 15) is 4.79 Å². The Morgan fingerprint density at radius 3 is 2.56 bits per heavy atom. The van der Waals surface area contributed by atoms with Crippen LogP contribution < -0.4 is 5.56 Å². The molecule has 1 aliphatic rings. The molecule has 18 heavy (non-hydrogen) atoms. The molecule has 0 aliphatic heterocycles. The van der Waals surface area contributed by atoms with Crippen LogP contribution in [0.15, 0.2) is 10.9 Å². The Morgan fingerprint density at radius 1 is 1.33 bits per heavy atom. The number of methoxy groups -OCH3 is 1. The van der Waals surface area contributed by atoms with Gasteiger partial charge in [0.1, 0.15) is 11.4 Å². The van der Waals surface area contributed by atoms with Gasteiger partial charge in [-0.1, -0.05) is 33.1 Å². The van der Waals surface area contributed by atoms with Crippen molar-refractivity contribution in [2.45, 2.75) is 57.5 Å². The summed E-state index contributed by atoms with van der Waals surface area (Å²) < 4.78 is 5.72. The zero-order valence-corrected chi connectivity index (χ0v) is 11.5. The van der Waals surface area contributed by atoms with Crippen LogP contribution in [0.1, 0.15) is 63.4 Å². The smallest absolute Gasteiger partial charge is 0.251 e. The highest BCUT2D eigenvalue weighted by Gasteiger charge is 2.36. The lowest BCUT2D eigenvalue weighted by atomic mass is 9.84. The first-order chi connectivity index (χ1) is 8.57. The maximum atomic E-state index is 11.8. The molecule has 1 aromatic rings. The topological polar surface area (TPSA) is 55.0 Å². The number of nitrogens with zero attached hydrogens (tertiary/aromatic N) is 1. The summed E-state index contributed by atoms with van der Waals surface area (Å²) in [6.07, 6.45) is 5.37. The van der Waals surface area contributed by atoms with E-state index in [1.807, 2.05) is 13.8 Å². The van der Waals surface area contributed by atoms with Gasteiger partial charge in [-0.3, -0.25) is 4.79 Å². The molecule has 1 aromatic heterocycles. The fourth-order valence-electron chi connectivity index (χ4n) is 2.65. The number of H-pyrrole nitrogens is 1. The van der Waals surface area contributed by atoms with Crippen LogP contribution >= 0.6 is 0 Å². The van der Waals surface area contributed by atoms with Gasteiger partial charge in [0.05, 0.1) is 5.69 Å². The Labute approximate surface area is 108 Å². The standard InChI is InChI=1S/C14H22N2O2/c1-10(2)11-9-12(17)16-13(15-11)14(18-3)7-5-4-6-8-14/h9-10H,4-8H2,1-3H3,(H,15,16,17). The van der Waals surface area contributed by atoms with E-state index in [0.717, 1.165) is 31.4 Å². The van der Waals surface area contributed by atoms with E-state index in [4.69, 9.17) is 4.74 Å². The van der Waals surface area contributed by atoms with Gasteiger partial charge in [-0.25, -0.2) is 4.98 Å². The van der Waals surface area contributed by atoms with Crippen molar-refractivity contribution in [1.29, 1.82) is 0 Å². The van der Waals surface area contributed by atoms with E-state index >= 15 is 0 Å². The first kappa shape index (κ1) is 13.3. The van der Waals surface area contributed by atoms with Crippen LogP contribution in [-0.2, 0) is 10.3 Å². The summed E-state index contributed by atoms with van der Waals surface area (Å²) in [5, 5.41) is 0. The van der Waals surface area contributed by atoms with E-state index < -0.39 is 0 Å². The maximum absolute atomic E-state index is 11.8. The van der Waals surface area contributed by atoms with Crippen molar-refractivity contribution in [2.75, 3.05) is 7.11 Å².